The van der Waals surface area contributed by atoms with Gasteiger partial charge in [-0.2, -0.15) is 0 Å². The molecule has 0 aromatic carbocycles. The van der Waals surface area contributed by atoms with Gasteiger partial charge in [0, 0.05) is 6.08 Å². The van der Waals surface area contributed by atoms with E-state index in [2.05, 4.69) is 20.8 Å². The highest BCUT2D eigenvalue weighted by molar-refractivity contribution is 5.81. The second kappa shape index (κ2) is 13.6. The number of carbonyl (C=O) groups is 1. The predicted octanol–water partition coefficient (Wildman–Crippen LogP) is 5.27. The Kier molecular flexibility index (Phi) is 13.1. The van der Waals surface area contributed by atoms with Gasteiger partial charge in [-0.25, -0.2) is 4.79 Å². The van der Waals surface area contributed by atoms with Crippen molar-refractivity contribution in [3.63, 3.8) is 0 Å². The molecule has 0 bridgehead atoms. The zero-order valence-electron chi connectivity index (χ0n) is 13.1. The van der Waals surface area contributed by atoms with E-state index in [9.17, 15) is 4.79 Å². The monoisotopic (exact) mass is 268 g/mol. The molecule has 0 aromatic rings. The van der Waals surface area contributed by atoms with Crippen LogP contribution in [0.3, 0.4) is 0 Å². The molecule has 0 aromatic heterocycles. The first-order valence-corrected chi connectivity index (χ1v) is 8.07. The molecular weight excluding hydrogens is 236 g/mol. The highest BCUT2D eigenvalue weighted by atomic mass is 16.5. The van der Waals surface area contributed by atoms with Gasteiger partial charge in [-0.1, -0.05) is 71.8 Å². The summed E-state index contributed by atoms with van der Waals surface area (Å²) in [6.45, 7) is 7.07. The normalized spacial score (nSPS) is 11.4. The third-order valence-corrected chi connectivity index (χ3v) is 3.59. The van der Waals surface area contributed by atoms with Crippen molar-refractivity contribution in [2.45, 2.75) is 78.6 Å². The molecule has 0 saturated heterocycles. The summed E-state index contributed by atoms with van der Waals surface area (Å²) in [6, 6.07) is 0. The minimum atomic E-state index is -0.183. The lowest BCUT2D eigenvalue weighted by Crippen LogP contribution is -2.11. The van der Waals surface area contributed by atoms with Crippen molar-refractivity contribution in [3.05, 3.63) is 12.2 Å². The number of ether oxygens (including phenoxy) is 1. The second-order valence-electron chi connectivity index (χ2n) is 5.27. The first-order valence-electron chi connectivity index (χ1n) is 8.07. The standard InChI is InChI=1S/C17H32O2/c1-4-7-8-9-10-11-12-13-14-17(18)19-15-16(5-2)6-3/h13-14,16H,4-12,15H2,1-3H3/b14-13+. The van der Waals surface area contributed by atoms with Crippen LogP contribution in [0.5, 0.6) is 0 Å². The van der Waals surface area contributed by atoms with Crippen molar-refractivity contribution in [3.8, 4) is 0 Å². The molecule has 0 unspecified atom stereocenters. The molecule has 0 radical (unpaired) electrons. The third-order valence-electron chi connectivity index (χ3n) is 3.59. The number of esters is 1. The number of allylic oxidation sites excluding steroid dienone is 1. The molecule has 2 nitrogen and oxygen atoms in total. The van der Waals surface area contributed by atoms with Gasteiger partial charge in [0.15, 0.2) is 0 Å². The van der Waals surface area contributed by atoms with Crippen LogP contribution >= 0.6 is 0 Å². The maximum absolute atomic E-state index is 11.4. The minimum absolute atomic E-state index is 0.183. The Labute approximate surface area is 119 Å². The molecule has 0 spiro atoms. The van der Waals surface area contributed by atoms with Gasteiger partial charge in [0.2, 0.25) is 0 Å². The summed E-state index contributed by atoms with van der Waals surface area (Å²) in [7, 11) is 0. The minimum Gasteiger partial charge on any atom is -0.462 e. The average Bonchev–Trinajstić information content (AvgIpc) is 2.43. The van der Waals surface area contributed by atoms with E-state index in [0.717, 1.165) is 19.3 Å². The average molecular weight is 268 g/mol. The van der Waals surface area contributed by atoms with Gasteiger partial charge in [-0.3, -0.25) is 0 Å². The van der Waals surface area contributed by atoms with Crippen molar-refractivity contribution in [2.24, 2.45) is 5.92 Å². The van der Waals surface area contributed by atoms with Crippen molar-refractivity contribution in [1.82, 2.24) is 0 Å². The summed E-state index contributed by atoms with van der Waals surface area (Å²) in [5.74, 6) is 0.328. The van der Waals surface area contributed by atoms with E-state index in [-0.39, 0.29) is 5.97 Å². The Bertz CT molecular complexity index is 229. The fourth-order valence-corrected chi connectivity index (χ4v) is 1.99. The molecule has 0 aliphatic heterocycles. The van der Waals surface area contributed by atoms with Crippen LogP contribution in [-0.4, -0.2) is 12.6 Å². The first kappa shape index (κ1) is 18.2. The molecule has 0 heterocycles. The van der Waals surface area contributed by atoms with Gasteiger partial charge in [-0.05, 0) is 18.8 Å². The van der Waals surface area contributed by atoms with E-state index in [1.165, 1.54) is 38.5 Å². The summed E-state index contributed by atoms with van der Waals surface area (Å²) >= 11 is 0. The quantitative estimate of drug-likeness (QED) is 0.274. The predicted molar refractivity (Wildman–Crippen MR) is 82.2 cm³/mol. The van der Waals surface area contributed by atoms with Gasteiger partial charge in [0.1, 0.15) is 0 Å². The molecule has 0 saturated carbocycles. The SMILES string of the molecule is CCCCCCCC/C=C/C(=O)OCC(CC)CC. The smallest absolute Gasteiger partial charge is 0.330 e. The zero-order chi connectivity index (χ0) is 14.3. The van der Waals surface area contributed by atoms with Crippen LogP contribution in [0.15, 0.2) is 12.2 Å². The summed E-state index contributed by atoms with van der Waals surface area (Å²) < 4.78 is 5.22. The molecule has 0 N–H and O–H groups in total. The van der Waals surface area contributed by atoms with E-state index in [1.54, 1.807) is 6.08 Å². The Hall–Kier alpha value is -0.790. The van der Waals surface area contributed by atoms with Gasteiger partial charge in [0.25, 0.3) is 0 Å². The van der Waals surface area contributed by atoms with E-state index in [4.69, 9.17) is 4.74 Å². The summed E-state index contributed by atoms with van der Waals surface area (Å²) in [5.41, 5.74) is 0. The molecule has 0 aliphatic rings. The molecular formula is C17H32O2. The van der Waals surface area contributed by atoms with Crippen LogP contribution in [0.2, 0.25) is 0 Å². The van der Waals surface area contributed by atoms with E-state index in [1.807, 2.05) is 6.08 Å². The van der Waals surface area contributed by atoms with E-state index in [0.29, 0.717) is 12.5 Å². The maximum atomic E-state index is 11.4. The van der Waals surface area contributed by atoms with Crippen LogP contribution < -0.4 is 0 Å². The fourth-order valence-electron chi connectivity index (χ4n) is 1.99. The topological polar surface area (TPSA) is 26.3 Å². The largest absolute Gasteiger partial charge is 0.462 e. The van der Waals surface area contributed by atoms with Gasteiger partial charge >= 0.3 is 5.97 Å². The van der Waals surface area contributed by atoms with E-state index >= 15 is 0 Å². The van der Waals surface area contributed by atoms with Gasteiger partial charge < -0.3 is 4.74 Å². The maximum Gasteiger partial charge on any atom is 0.330 e. The summed E-state index contributed by atoms with van der Waals surface area (Å²) in [6.07, 6.45) is 14.4. The van der Waals surface area contributed by atoms with Gasteiger partial charge in [-0.15, -0.1) is 0 Å². The number of carbonyl (C=O) groups excluding carboxylic acids is 1. The van der Waals surface area contributed by atoms with Crippen molar-refractivity contribution >= 4 is 5.97 Å². The number of unbranched alkanes of at least 4 members (excludes halogenated alkanes) is 6. The van der Waals surface area contributed by atoms with Gasteiger partial charge in [0.05, 0.1) is 6.61 Å². The molecule has 19 heavy (non-hydrogen) atoms. The fraction of sp³-hybridized carbons (Fsp3) is 0.824. The highest BCUT2D eigenvalue weighted by Crippen LogP contribution is 2.09. The lowest BCUT2D eigenvalue weighted by Gasteiger charge is -2.11. The van der Waals surface area contributed by atoms with E-state index < -0.39 is 0 Å². The van der Waals surface area contributed by atoms with Crippen molar-refractivity contribution < 1.29 is 9.53 Å². The lowest BCUT2D eigenvalue weighted by atomic mass is 10.1. The molecule has 0 aliphatic carbocycles. The number of hydrogen-bond acceptors (Lipinski definition) is 2. The van der Waals surface area contributed by atoms with Crippen molar-refractivity contribution in [2.75, 3.05) is 6.61 Å². The van der Waals surface area contributed by atoms with Crippen LogP contribution in [0.25, 0.3) is 0 Å². The van der Waals surface area contributed by atoms with Crippen LogP contribution in [0.1, 0.15) is 78.6 Å². The lowest BCUT2D eigenvalue weighted by molar-refractivity contribution is -0.139. The summed E-state index contributed by atoms with van der Waals surface area (Å²) in [4.78, 5) is 11.4. The molecule has 112 valence electrons. The Morgan fingerprint density at radius 2 is 1.63 bits per heavy atom. The Balaban J connectivity index is 3.46. The highest BCUT2D eigenvalue weighted by Gasteiger charge is 2.05. The van der Waals surface area contributed by atoms with Crippen molar-refractivity contribution in [1.29, 1.82) is 0 Å². The molecule has 2 heteroatoms. The first-order chi connectivity index (χ1) is 9.24. The van der Waals surface area contributed by atoms with Crippen LogP contribution in [0, 0.1) is 5.92 Å². The Morgan fingerprint density at radius 3 is 2.26 bits per heavy atom. The molecule has 0 atom stereocenters. The second-order valence-corrected chi connectivity index (χ2v) is 5.27. The Morgan fingerprint density at radius 1 is 1.00 bits per heavy atom. The summed E-state index contributed by atoms with van der Waals surface area (Å²) in [5, 5.41) is 0. The number of rotatable bonds is 12. The molecule has 0 amide bonds. The van der Waals surface area contributed by atoms with Crippen LogP contribution in [-0.2, 0) is 9.53 Å². The molecule has 0 rings (SSSR count). The molecule has 0 fully saturated rings. The third kappa shape index (κ3) is 12.0. The number of hydrogen-bond donors (Lipinski definition) is 0. The zero-order valence-corrected chi connectivity index (χ0v) is 13.1. The van der Waals surface area contributed by atoms with Crippen LogP contribution in [0.4, 0.5) is 0 Å².